The fraction of sp³-hybridized carbons (Fsp3) is 0.125. The summed E-state index contributed by atoms with van der Waals surface area (Å²) in [7, 11) is -4.00. The van der Waals surface area contributed by atoms with Gasteiger partial charge in [0, 0.05) is 10.0 Å². The molecule has 3 rings (SSSR count). The van der Waals surface area contributed by atoms with Crippen LogP contribution in [0.4, 0.5) is 4.39 Å². The van der Waals surface area contributed by atoms with E-state index >= 15 is 0 Å². The molecule has 0 N–H and O–H groups in total. The zero-order valence-corrected chi connectivity index (χ0v) is 18.9. The average molecular weight is 487 g/mol. The van der Waals surface area contributed by atoms with Crippen LogP contribution >= 0.6 is 15.9 Å². The van der Waals surface area contributed by atoms with Crippen LogP contribution in [-0.4, -0.2) is 14.7 Å². The predicted octanol–water partition coefficient (Wildman–Crippen LogP) is 5.78. The Morgan fingerprint density at radius 2 is 1.60 bits per heavy atom. The van der Waals surface area contributed by atoms with Gasteiger partial charge in [-0.2, -0.15) is 0 Å². The first kappa shape index (κ1) is 22.1. The fourth-order valence-electron chi connectivity index (χ4n) is 3.22. The zero-order valence-electron chi connectivity index (χ0n) is 16.5. The highest BCUT2D eigenvalue weighted by Gasteiger charge is 2.25. The molecule has 0 spiro atoms. The molecule has 0 aromatic heterocycles. The van der Waals surface area contributed by atoms with Gasteiger partial charge in [-0.1, -0.05) is 64.0 Å². The van der Waals surface area contributed by atoms with E-state index in [4.69, 9.17) is 0 Å². The Morgan fingerprint density at radius 1 is 0.967 bits per heavy atom. The summed E-state index contributed by atoms with van der Waals surface area (Å²) in [4.78, 5) is 11.9. The van der Waals surface area contributed by atoms with Gasteiger partial charge in [0.2, 0.25) is 0 Å². The largest absolute Gasteiger partial charge is 0.297 e. The third-order valence-electron chi connectivity index (χ3n) is 4.75. The first-order valence-corrected chi connectivity index (χ1v) is 11.7. The molecule has 0 heterocycles. The van der Waals surface area contributed by atoms with Crippen LogP contribution < -0.4 is 0 Å². The second-order valence-corrected chi connectivity index (χ2v) is 9.94. The van der Waals surface area contributed by atoms with Crippen molar-refractivity contribution in [3.63, 3.8) is 0 Å². The SMILES string of the molecule is Cc1ccc(C)c(C(=C(C=O)S(=O)(=O)Cc2ccc(F)cc2)c2ccc(Br)cc2)c1. The molecule has 3 aromatic carbocycles. The molecule has 0 unspecified atom stereocenters. The van der Waals surface area contributed by atoms with Crippen molar-refractivity contribution in [1.82, 2.24) is 0 Å². The van der Waals surface area contributed by atoms with E-state index in [9.17, 15) is 17.6 Å². The van der Waals surface area contributed by atoms with Gasteiger partial charge in [0.25, 0.3) is 0 Å². The quantitative estimate of drug-likeness (QED) is 0.327. The minimum absolute atomic E-state index is 0.289. The highest BCUT2D eigenvalue weighted by atomic mass is 79.9. The molecule has 0 aliphatic heterocycles. The van der Waals surface area contributed by atoms with Crippen LogP contribution in [0.25, 0.3) is 5.57 Å². The van der Waals surface area contributed by atoms with Crippen molar-refractivity contribution in [3.05, 3.63) is 110 Å². The fourth-order valence-corrected chi connectivity index (χ4v) is 4.95. The number of carbonyl (C=O) groups excluding carboxylic acids is 1. The summed E-state index contributed by atoms with van der Waals surface area (Å²) in [5.74, 6) is -0.847. The lowest BCUT2D eigenvalue weighted by molar-refractivity contribution is -0.104. The van der Waals surface area contributed by atoms with Gasteiger partial charge in [-0.05, 0) is 60.4 Å². The standard InChI is InChI=1S/C24H20BrFO3S/c1-16-3-4-17(2)22(13-16)24(19-7-9-20(25)10-8-19)23(14-27)30(28,29)15-18-5-11-21(26)12-6-18/h3-14H,15H2,1-2H3. The highest BCUT2D eigenvalue weighted by molar-refractivity contribution is 9.10. The Labute approximate surface area is 184 Å². The van der Waals surface area contributed by atoms with E-state index in [1.54, 1.807) is 24.3 Å². The summed E-state index contributed by atoms with van der Waals surface area (Å²) in [5.41, 5.74) is 3.88. The van der Waals surface area contributed by atoms with Gasteiger partial charge in [-0.25, -0.2) is 12.8 Å². The third kappa shape index (κ3) is 4.94. The number of aryl methyl sites for hydroxylation is 2. The molecule has 0 saturated heterocycles. The summed E-state index contributed by atoms with van der Waals surface area (Å²) in [5, 5.41) is 0. The van der Waals surface area contributed by atoms with Crippen molar-refractivity contribution < 1.29 is 17.6 Å². The summed E-state index contributed by atoms with van der Waals surface area (Å²) >= 11 is 3.39. The molecule has 0 aliphatic rings. The molecule has 0 radical (unpaired) electrons. The van der Waals surface area contributed by atoms with Gasteiger partial charge in [0.15, 0.2) is 16.1 Å². The monoisotopic (exact) mass is 486 g/mol. The van der Waals surface area contributed by atoms with Crippen LogP contribution in [0.5, 0.6) is 0 Å². The number of hydrogen-bond donors (Lipinski definition) is 0. The lowest BCUT2D eigenvalue weighted by atomic mass is 9.93. The van der Waals surface area contributed by atoms with Crippen molar-refractivity contribution in [1.29, 1.82) is 0 Å². The third-order valence-corrected chi connectivity index (χ3v) is 6.97. The summed E-state index contributed by atoms with van der Waals surface area (Å²) < 4.78 is 40.6. The molecule has 30 heavy (non-hydrogen) atoms. The Bertz CT molecular complexity index is 1210. The van der Waals surface area contributed by atoms with Gasteiger partial charge in [0.05, 0.1) is 5.75 Å². The molecular weight excluding hydrogens is 467 g/mol. The number of carbonyl (C=O) groups is 1. The molecule has 0 saturated carbocycles. The molecule has 0 amide bonds. The van der Waals surface area contributed by atoms with Crippen LogP contribution in [-0.2, 0) is 20.4 Å². The predicted molar refractivity (Wildman–Crippen MR) is 121 cm³/mol. The van der Waals surface area contributed by atoms with Gasteiger partial charge >= 0.3 is 0 Å². The van der Waals surface area contributed by atoms with E-state index in [1.165, 1.54) is 24.3 Å². The molecule has 0 bridgehead atoms. The van der Waals surface area contributed by atoms with E-state index < -0.39 is 21.4 Å². The van der Waals surface area contributed by atoms with Gasteiger partial charge < -0.3 is 0 Å². The lowest BCUT2D eigenvalue weighted by Crippen LogP contribution is -2.12. The van der Waals surface area contributed by atoms with Crippen LogP contribution in [0.15, 0.2) is 76.1 Å². The average Bonchev–Trinajstić information content (AvgIpc) is 2.70. The normalized spacial score (nSPS) is 12.4. The molecule has 6 heteroatoms. The van der Waals surface area contributed by atoms with Crippen LogP contribution in [0.2, 0.25) is 0 Å². The van der Waals surface area contributed by atoms with Crippen molar-refractivity contribution in [2.45, 2.75) is 19.6 Å². The summed E-state index contributed by atoms with van der Waals surface area (Å²) in [6.45, 7) is 3.79. The molecule has 3 nitrogen and oxygen atoms in total. The van der Waals surface area contributed by atoms with Crippen molar-refractivity contribution in [2.75, 3.05) is 0 Å². The van der Waals surface area contributed by atoms with Crippen molar-refractivity contribution in [2.24, 2.45) is 0 Å². The van der Waals surface area contributed by atoms with Crippen LogP contribution in [0.3, 0.4) is 0 Å². The molecule has 0 atom stereocenters. The highest BCUT2D eigenvalue weighted by Crippen LogP contribution is 2.33. The number of hydrogen-bond acceptors (Lipinski definition) is 3. The van der Waals surface area contributed by atoms with E-state index in [0.717, 1.165) is 15.6 Å². The maximum absolute atomic E-state index is 13.3. The van der Waals surface area contributed by atoms with Crippen molar-refractivity contribution >= 4 is 37.6 Å². The first-order chi connectivity index (χ1) is 14.2. The Morgan fingerprint density at radius 3 is 2.20 bits per heavy atom. The molecule has 0 aliphatic carbocycles. The topological polar surface area (TPSA) is 51.2 Å². The molecule has 154 valence electrons. The van der Waals surface area contributed by atoms with E-state index in [2.05, 4.69) is 15.9 Å². The molecule has 0 fully saturated rings. The van der Waals surface area contributed by atoms with Crippen molar-refractivity contribution in [3.8, 4) is 0 Å². The van der Waals surface area contributed by atoms with Crippen LogP contribution in [0, 0.1) is 19.7 Å². The lowest BCUT2D eigenvalue weighted by Gasteiger charge is -2.16. The number of sulfone groups is 1. The van der Waals surface area contributed by atoms with Gasteiger partial charge in [-0.15, -0.1) is 0 Å². The minimum atomic E-state index is -4.00. The van der Waals surface area contributed by atoms with E-state index in [0.29, 0.717) is 28.5 Å². The summed E-state index contributed by atoms with van der Waals surface area (Å²) in [6.07, 6.45) is 0.401. The van der Waals surface area contributed by atoms with Gasteiger partial charge in [-0.3, -0.25) is 4.79 Å². The number of allylic oxidation sites excluding steroid dienone is 1. The Kier molecular flexibility index (Phi) is 6.68. The maximum atomic E-state index is 13.3. The number of rotatable bonds is 6. The summed E-state index contributed by atoms with van der Waals surface area (Å²) in [6, 6.07) is 18.1. The van der Waals surface area contributed by atoms with E-state index in [-0.39, 0.29) is 4.91 Å². The number of aldehydes is 1. The molecule has 3 aromatic rings. The maximum Gasteiger partial charge on any atom is 0.186 e. The second kappa shape index (κ2) is 9.06. The minimum Gasteiger partial charge on any atom is -0.297 e. The Balaban J connectivity index is 2.26. The number of halogens is 2. The Hall–Kier alpha value is -2.57. The molecular formula is C24H20BrFO3S. The first-order valence-electron chi connectivity index (χ1n) is 9.21. The second-order valence-electron chi connectivity index (χ2n) is 7.07. The number of benzene rings is 3. The zero-order chi connectivity index (χ0) is 21.9. The smallest absolute Gasteiger partial charge is 0.186 e. The van der Waals surface area contributed by atoms with Gasteiger partial charge in [0.1, 0.15) is 10.7 Å². The van der Waals surface area contributed by atoms with E-state index in [1.807, 2.05) is 32.0 Å². The van der Waals surface area contributed by atoms with Crippen LogP contribution in [0.1, 0.15) is 27.8 Å².